The highest BCUT2D eigenvalue weighted by atomic mass is 16.5. The van der Waals surface area contributed by atoms with Gasteiger partial charge < -0.3 is 10.3 Å². The molecule has 0 aliphatic rings. The molecule has 0 bridgehead atoms. The van der Waals surface area contributed by atoms with E-state index in [9.17, 15) is 5.21 Å². The molecule has 0 saturated heterocycles. The van der Waals surface area contributed by atoms with Gasteiger partial charge in [0.05, 0.1) is 13.1 Å². The van der Waals surface area contributed by atoms with Crippen LogP contribution in [0.4, 0.5) is 0 Å². The summed E-state index contributed by atoms with van der Waals surface area (Å²) in [6.45, 7) is 5.73. The molecule has 86 valence electrons. The molecule has 1 atom stereocenters. The van der Waals surface area contributed by atoms with E-state index in [0.29, 0.717) is 5.06 Å². The van der Waals surface area contributed by atoms with E-state index in [2.05, 4.69) is 6.92 Å². The first-order valence-corrected chi connectivity index (χ1v) is 6.33. The summed E-state index contributed by atoms with van der Waals surface area (Å²) in [5.41, 5.74) is 0. The summed E-state index contributed by atoms with van der Waals surface area (Å²) < 4.78 is 0. The number of rotatable bonds is 10. The van der Waals surface area contributed by atoms with Gasteiger partial charge in [-0.05, 0) is 19.8 Å². The summed E-state index contributed by atoms with van der Waals surface area (Å²) in [7, 11) is 0. The zero-order valence-corrected chi connectivity index (χ0v) is 9.98. The first-order chi connectivity index (χ1) is 6.81. The summed E-state index contributed by atoms with van der Waals surface area (Å²) in [4.78, 5) is 0. The number of hydrogen-bond acceptors (Lipinski definition) is 1. The monoisotopic (exact) mass is 201 g/mol. The van der Waals surface area contributed by atoms with Crippen molar-refractivity contribution in [3.8, 4) is 0 Å². The zero-order valence-electron chi connectivity index (χ0n) is 9.98. The van der Waals surface area contributed by atoms with Gasteiger partial charge in [-0.25, -0.2) is 0 Å². The highest BCUT2D eigenvalue weighted by Gasteiger charge is 1.94. The van der Waals surface area contributed by atoms with E-state index in [1.54, 1.807) is 0 Å². The summed E-state index contributed by atoms with van der Waals surface area (Å²) >= 11 is 0. The Bertz CT molecular complexity index is 106. The molecule has 1 N–H and O–H groups in total. The lowest BCUT2D eigenvalue weighted by Crippen LogP contribution is -3.06. The smallest absolute Gasteiger partial charge is 0.0768 e. The van der Waals surface area contributed by atoms with Crippen molar-refractivity contribution in [1.29, 1.82) is 0 Å². The van der Waals surface area contributed by atoms with Gasteiger partial charge in [-0.15, -0.1) is 0 Å². The highest BCUT2D eigenvalue weighted by molar-refractivity contribution is 4.45. The first kappa shape index (κ1) is 13.9. The van der Waals surface area contributed by atoms with E-state index >= 15 is 0 Å². The van der Waals surface area contributed by atoms with E-state index in [-0.39, 0.29) is 0 Å². The van der Waals surface area contributed by atoms with Gasteiger partial charge in [0.1, 0.15) is 0 Å². The van der Waals surface area contributed by atoms with Gasteiger partial charge in [0, 0.05) is 0 Å². The summed E-state index contributed by atoms with van der Waals surface area (Å²) in [5.74, 6) is 0. The summed E-state index contributed by atoms with van der Waals surface area (Å²) in [5, 5.41) is 11.4. The molecule has 0 rings (SSSR count). The van der Waals surface area contributed by atoms with Gasteiger partial charge in [0.15, 0.2) is 0 Å². The predicted octanol–water partition coefficient (Wildman–Crippen LogP) is 2.53. The molecule has 0 spiro atoms. The third-order valence-corrected chi connectivity index (χ3v) is 2.70. The molecule has 0 aromatic heterocycles. The normalized spacial score (nSPS) is 13.1. The Morgan fingerprint density at radius 1 is 0.786 bits per heavy atom. The van der Waals surface area contributed by atoms with Crippen LogP contribution in [0.3, 0.4) is 0 Å². The highest BCUT2D eigenvalue weighted by Crippen LogP contribution is 2.07. The minimum atomic E-state index is 0.427. The second-order valence-corrected chi connectivity index (χ2v) is 4.12. The lowest BCUT2D eigenvalue weighted by Gasteiger charge is -2.19. The van der Waals surface area contributed by atoms with Crippen LogP contribution in [0, 0.1) is 5.21 Å². The SMILES string of the molecule is CCCCCCCCCC[NH+]([O-])CC. The topological polar surface area (TPSA) is 27.5 Å². The summed E-state index contributed by atoms with van der Waals surface area (Å²) in [6.07, 6.45) is 10.5. The van der Waals surface area contributed by atoms with E-state index in [0.717, 1.165) is 19.5 Å². The van der Waals surface area contributed by atoms with Crippen molar-refractivity contribution >= 4 is 0 Å². The van der Waals surface area contributed by atoms with Crippen LogP contribution in [0.2, 0.25) is 0 Å². The molecular weight excluding hydrogens is 174 g/mol. The molecule has 0 saturated carbocycles. The van der Waals surface area contributed by atoms with Gasteiger partial charge in [-0.3, -0.25) is 0 Å². The fourth-order valence-electron chi connectivity index (χ4n) is 1.63. The molecule has 0 aromatic carbocycles. The standard InChI is InChI=1S/C12H27NO/c1-3-5-6-7-8-9-10-11-12-13(14)4-2/h13H,3-12H2,1-2H3. The van der Waals surface area contributed by atoms with E-state index in [4.69, 9.17) is 0 Å². The van der Waals surface area contributed by atoms with Crippen LogP contribution in [0.25, 0.3) is 0 Å². The van der Waals surface area contributed by atoms with Crippen LogP contribution in [0.15, 0.2) is 0 Å². The average molecular weight is 201 g/mol. The van der Waals surface area contributed by atoms with Crippen LogP contribution in [0.1, 0.15) is 65.2 Å². The lowest BCUT2D eigenvalue weighted by atomic mass is 10.1. The number of quaternary nitrogens is 1. The molecule has 14 heavy (non-hydrogen) atoms. The average Bonchev–Trinajstić information content (AvgIpc) is 2.21. The fourth-order valence-corrected chi connectivity index (χ4v) is 1.63. The molecule has 2 nitrogen and oxygen atoms in total. The van der Waals surface area contributed by atoms with Gasteiger partial charge in [-0.2, -0.15) is 0 Å². The summed E-state index contributed by atoms with van der Waals surface area (Å²) in [6, 6.07) is 0. The molecule has 0 heterocycles. The van der Waals surface area contributed by atoms with Crippen molar-refractivity contribution in [2.75, 3.05) is 13.1 Å². The van der Waals surface area contributed by atoms with Crippen molar-refractivity contribution in [2.24, 2.45) is 0 Å². The number of hydrogen-bond donors (Lipinski definition) is 1. The van der Waals surface area contributed by atoms with Crippen molar-refractivity contribution in [3.63, 3.8) is 0 Å². The minimum absolute atomic E-state index is 0.427. The van der Waals surface area contributed by atoms with Crippen molar-refractivity contribution in [1.82, 2.24) is 0 Å². The molecule has 1 unspecified atom stereocenters. The van der Waals surface area contributed by atoms with Gasteiger partial charge in [0.2, 0.25) is 0 Å². The first-order valence-electron chi connectivity index (χ1n) is 6.33. The Morgan fingerprint density at radius 2 is 1.29 bits per heavy atom. The van der Waals surface area contributed by atoms with Crippen LogP contribution in [0.5, 0.6) is 0 Å². The Labute approximate surface area is 89.3 Å². The van der Waals surface area contributed by atoms with Crippen molar-refractivity contribution < 1.29 is 5.06 Å². The molecule has 0 aliphatic carbocycles. The fraction of sp³-hybridized carbons (Fsp3) is 1.00. The molecule has 2 heteroatoms. The van der Waals surface area contributed by atoms with Gasteiger partial charge in [0.25, 0.3) is 0 Å². The van der Waals surface area contributed by atoms with Crippen molar-refractivity contribution in [3.05, 3.63) is 5.21 Å². The number of hydroxylamine groups is 2. The largest absolute Gasteiger partial charge is 0.634 e. The van der Waals surface area contributed by atoms with Crippen LogP contribution in [-0.4, -0.2) is 13.1 Å². The quantitative estimate of drug-likeness (QED) is 0.427. The Hall–Kier alpha value is -0.0800. The molecule has 0 aromatic rings. The number of unbranched alkanes of at least 4 members (excludes halogenated alkanes) is 7. The van der Waals surface area contributed by atoms with Crippen molar-refractivity contribution in [2.45, 2.75) is 65.2 Å². The zero-order chi connectivity index (χ0) is 10.6. The Kier molecular flexibility index (Phi) is 10.9. The number of nitrogens with one attached hydrogen (secondary N) is 1. The molecular formula is C12H27NO. The third kappa shape index (κ3) is 10.0. The second kappa shape index (κ2) is 11.0. The van der Waals surface area contributed by atoms with Gasteiger partial charge >= 0.3 is 0 Å². The third-order valence-electron chi connectivity index (χ3n) is 2.70. The lowest BCUT2D eigenvalue weighted by molar-refractivity contribution is -0.846. The molecule has 0 aliphatic heterocycles. The maximum Gasteiger partial charge on any atom is 0.0768 e. The van der Waals surface area contributed by atoms with E-state index in [1.807, 2.05) is 6.92 Å². The predicted molar refractivity (Wildman–Crippen MR) is 62.3 cm³/mol. The van der Waals surface area contributed by atoms with Gasteiger partial charge in [-0.1, -0.05) is 45.4 Å². The van der Waals surface area contributed by atoms with Crippen LogP contribution >= 0.6 is 0 Å². The molecule has 0 amide bonds. The Morgan fingerprint density at radius 3 is 1.79 bits per heavy atom. The minimum Gasteiger partial charge on any atom is -0.634 e. The molecule has 0 fully saturated rings. The Balaban J connectivity index is 2.92. The maximum atomic E-state index is 11.0. The second-order valence-electron chi connectivity index (χ2n) is 4.12. The van der Waals surface area contributed by atoms with Crippen LogP contribution < -0.4 is 5.06 Å². The molecule has 0 radical (unpaired) electrons. The van der Waals surface area contributed by atoms with E-state index in [1.165, 1.54) is 44.9 Å². The maximum absolute atomic E-state index is 11.0. The van der Waals surface area contributed by atoms with E-state index < -0.39 is 0 Å². The van der Waals surface area contributed by atoms with Crippen LogP contribution in [-0.2, 0) is 0 Å².